The number of rotatable bonds is 7. The Hall–Kier alpha value is -2.25. The summed E-state index contributed by atoms with van der Waals surface area (Å²) in [6, 6.07) is 7.93. The van der Waals surface area contributed by atoms with Crippen LogP contribution in [0.2, 0.25) is 5.02 Å². The molecule has 0 aliphatic carbocycles. The lowest BCUT2D eigenvalue weighted by Gasteiger charge is -2.27. The van der Waals surface area contributed by atoms with Crippen LogP contribution in [0, 0.1) is 20.8 Å². The first-order valence-corrected chi connectivity index (χ1v) is 10.5. The van der Waals surface area contributed by atoms with Crippen molar-refractivity contribution in [2.24, 2.45) is 0 Å². The van der Waals surface area contributed by atoms with Crippen LogP contribution in [0.1, 0.15) is 23.6 Å². The molecule has 152 valence electrons. The molecule has 0 unspecified atom stereocenters. The highest BCUT2D eigenvalue weighted by atomic mass is 35.5. The van der Waals surface area contributed by atoms with Crippen LogP contribution >= 0.6 is 11.6 Å². The molecule has 28 heavy (non-hydrogen) atoms. The van der Waals surface area contributed by atoms with E-state index in [-0.39, 0.29) is 16.5 Å². The van der Waals surface area contributed by atoms with Crippen LogP contribution in [-0.4, -0.2) is 34.6 Å². The monoisotopic (exact) mass is 425 g/mol. The van der Waals surface area contributed by atoms with E-state index in [9.17, 15) is 13.2 Å². The number of anilines is 1. The predicted octanol–water partition coefficient (Wildman–Crippen LogP) is 4.03. The van der Waals surface area contributed by atoms with Gasteiger partial charge in [-0.15, -0.1) is 0 Å². The molecule has 0 radical (unpaired) electrons. The Morgan fingerprint density at radius 1 is 1.11 bits per heavy atom. The average molecular weight is 426 g/mol. The Morgan fingerprint density at radius 2 is 1.71 bits per heavy atom. The van der Waals surface area contributed by atoms with E-state index in [2.05, 4.69) is 0 Å². The van der Waals surface area contributed by atoms with E-state index in [1.165, 1.54) is 25.3 Å². The van der Waals surface area contributed by atoms with Gasteiger partial charge >= 0.3 is 5.97 Å². The summed E-state index contributed by atoms with van der Waals surface area (Å²) in [5.74, 6) is -0.273. The molecule has 0 saturated carbocycles. The third-order valence-corrected chi connectivity index (χ3v) is 6.21. The second kappa shape index (κ2) is 8.84. The third kappa shape index (κ3) is 4.59. The van der Waals surface area contributed by atoms with Gasteiger partial charge in [-0.1, -0.05) is 29.3 Å². The van der Waals surface area contributed by atoms with Gasteiger partial charge in [0.25, 0.3) is 10.0 Å². The molecule has 0 aromatic heterocycles. The van der Waals surface area contributed by atoms with Gasteiger partial charge in [0.2, 0.25) is 0 Å². The van der Waals surface area contributed by atoms with E-state index in [4.69, 9.17) is 21.1 Å². The number of sulfonamides is 1. The maximum atomic E-state index is 13.4. The smallest absolute Gasteiger partial charge is 0.326 e. The van der Waals surface area contributed by atoms with Crippen LogP contribution in [0.3, 0.4) is 0 Å². The molecule has 2 aromatic rings. The summed E-state index contributed by atoms with van der Waals surface area (Å²) in [6.45, 7) is 6.94. The van der Waals surface area contributed by atoms with Gasteiger partial charge in [0.15, 0.2) is 0 Å². The number of hydrogen-bond donors (Lipinski definition) is 0. The van der Waals surface area contributed by atoms with Crippen molar-refractivity contribution < 1.29 is 22.7 Å². The van der Waals surface area contributed by atoms with Crippen molar-refractivity contribution in [2.75, 3.05) is 24.6 Å². The van der Waals surface area contributed by atoms with Gasteiger partial charge in [-0.05, 0) is 57.0 Å². The van der Waals surface area contributed by atoms with Gasteiger partial charge in [-0.25, -0.2) is 8.42 Å². The molecular weight excluding hydrogens is 402 g/mol. The van der Waals surface area contributed by atoms with Gasteiger partial charge in [0.05, 0.1) is 29.3 Å². The van der Waals surface area contributed by atoms with Gasteiger partial charge < -0.3 is 9.47 Å². The molecule has 8 heteroatoms. The lowest BCUT2D eigenvalue weighted by Crippen LogP contribution is -2.37. The molecule has 0 amide bonds. The summed E-state index contributed by atoms with van der Waals surface area (Å²) < 4.78 is 38.0. The fourth-order valence-electron chi connectivity index (χ4n) is 3.11. The summed E-state index contributed by atoms with van der Waals surface area (Å²) >= 11 is 6.13. The minimum absolute atomic E-state index is 0.0398. The summed E-state index contributed by atoms with van der Waals surface area (Å²) in [7, 11) is -2.63. The Labute approximate surface area is 171 Å². The normalized spacial score (nSPS) is 11.2. The van der Waals surface area contributed by atoms with Crippen LogP contribution in [-0.2, 0) is 19.6 Å². The van der Waals surface area contributed by atoms with Crippen molar-refractivity contribution in [3.05, 3.63) is 52.0 Å². The SMILES string of the molecule is CCOC(=O)CN(c1c(C)cc(C)cc1C)S(=O)(=O)c1ccc(OC)c(Cl)c1. The van der Waals surface area contributed by atoms with E-state index in [1.54, 1.807) is 6.92 Å². The van der Waals surface area contributed by atoms with Crippen LogP contribution < -0.4 is 9.04 Å². The Morgan fingerprint density at radius 3 is 2.21 bits per heavy atom. The largest absolute Gasteiger partial charge is 0.495 e. The van der Waals surface area contributed by atoms with Crippen LogP contribution in [0.5, 0.6) is 5.75 Å². The first-order valence-electron chi connectivity index (χ1n) is 8.71. The topological polar surface area (TPSA) is 72.9 Å². The molecule has 0 saturated heterocycles. The number of hydrogen-bond acceptors (Lipinski definition) is 5. The van der Waals surface area contributed by atoms with E-state index < -0.39 is 22.5 Å². The molecule has 0 heterocycles. The van der Waals surface area contributed by atoms with Crippen molar-refractivity contribution in [3.8, 4) is 5.75 Å². The quantitative estimate of drug-likeness (QED) is 0.626. The first kappa shape index (κ1) is 22.0. The lowest BCUT2D eigenvalue weighted by atomic mass is 10.1. The standard InChI is InChI=1S/C20H24ClNO5S/c1-6-27-19(23)12-22(20-14(3)9-13(2)10-15(20)4)28(24,25)16-7-8-18(26-5)17(21)11-16/h7-11H,6,12H2,1-5H3. The molecule has 0 aliphatic rings. The van der Waals surface area contributed by atoms with Crippen molar-refractivity contribution in [3.63, 3.8) is 0 Å². The maximum Gasteiger partial charge on any atom is 0.326 e. The van der Waals surface area contributed by atoms with Gasteiger partial charge in [0, 0.05) is 0 Å². The predicted molar refractivity (Wildman–Crippen MR) is 110 cm³/mol. The minimum atomic E-state index is -4.08. The molecule has 0 N–H and O–H groups in total. The molecule has 0 bridgehead atoms. The summed E-state index contributed by atoms with van der Waals surface area (Å²) in [4.78, 5) is 12.1. The number of halogens is 1. The number of ether oxygens (including phenoxy) is 2. The zero-order valence-corrected chi connectivity index (χ0v) is 18.1. The first-order chi connectivity index (χ1) is 13.1. The summed E-state index contributed by atoms with van der Waals surface area (Å²) in [6.07, 6.45) is 0. The van der Waals surface area contributed by atoms with Gasteiger partial charge in [-0.2, -0.15) is 0 Å². The number of carbonyl (C=O) groups is 1. The Bertz CT molecular complexity index is 965. The molecule has 6 nitrogen and oxygen atoms in total. The molecule has 0 aliphatic heterocycles. The van der Waals surface area contributed by atoms with Crippen molar-refractivity contribution in [1.29, 1.82) is 0 Å². The van der Waals surface area contributed by atoms with Crippen molar-refractivity contribution in [2.45, 2.75) is 32.6 Å². The number of aryl methyl sites for hydroxylation is 3. The van der Waals surface area contributed by atoms with Gasteiger partial charge in [0.1, 0.15) is 12.3 Å². The van der Waals surface area contributed by atoms with Crippen LogP contribution in [0.4, 0.5) is 5.69 Å². The molecule has 2 aromatic carbocycles. The number of methoxy groups -OCH3 is 1. The number of benzene rings is 2. The van der Waals surface area contributed by atoms with Gasteiger partial charge in [-0.3, -0.25) is 9.10 Å². The van der Waals surface area contributed by atoms with Crippen LogP contribution in [0.15, 0.2) is 35.2 Å². The van der Waals surface area contributed by atoms with Crippen molar-refractivity contribution >= 4 is 33.3 Å². The highest BCUT2D eigenvalue weighted by molar-refractivity contribution is 7.92. The molecule has 2 rings (SSSR count). The molecule has 0 spiro atoms. The second-order valence-corrected chi connectivity index (χ2v) is 8.63. The summed E-state index contributed by atoms with van der Waals surface area (Å²) in [5, 5.41) is 0.164. The van der Waals surface area contributed by atoms with E-state index in [1.807, 2.05) is 32.9 Å². The highest BCUT2D eigenvalue weighted by Gasteiger charge is 2.30. The molecule has 0 fully saturated rings. The van der Waals surface area contributed by atoms with Crippen LogP contribution in [0.25, 0.3) is 0 Å². The van der Waals surface area contributed by atoms with Crippen molar-refractivity contribution in [1.82, 2.24) is 0 Å². The number of nitrogens with zero attached hydrogens (tertiary/aromatic N) is 1. The Kier molecular flexibility index (Phi) is 6.96. The molecule has 0 atom stereocenters. The third-order valence-electron chi connectivity index (χ3n) is 4.17. The Balaban J connectivity index is 2.64. The number of esters is 1. The second-order valence-electron chi connectivity index (χ2n) is 6.36. The zero-order chi connectivity index (χ0) is 21.1. The average Bonchev–Trinajstić information content (AvgIpc) is 2.60. The van der Waals surface area contributed by atoms with E-state index in [0.717, 1.165) is 21.0 Å². The lowest BCUT2D eigenvalue weighted by molar-refractivity contribution is -0.141. The highest BCUT2D eigenvalue weighted by Crippen LogP contribution is 2.33. The summed E-state index contributed by atoms with van der Waals surface area (Å²) in [5.41, 5.74) is 2.93. The van der Waals surface area contributed by atoms with E-state index >= 15 is 0 Å². The fraction of sp³-hybridized carbons (Fsp3) is 0.350. The zero-order valence-electron chi connectivity index (χ0n) is 16.6. The minimum Gasteiger partial charge on any atom is -0.495 e. The fourth-order valence-corrected chi connectivity index (χ4v) is 5.00. The molecular formula is C20H24ClNO5S. The maximum absolute atomic E-state index is 13.4. The van der Waals surface area contributed by atoms with E-state index in [0.29, 0.717) is 11.4 Å². The number of carbonyl (C=O) groups excluding carboxylic acids is 1.